The molecule has 1 aromatic heterocycles. The van der Waals surface area contributed by atoms with E-state index in [0.717, 1.165) is 9.86 Å². The number of ether oxygens (including phenoxy) is 2. The number of nitrogens with zero attached hydrogens (tertiary/aromatic N) is 1. The average molecular weight is 489 g/mol. The second-order valence-electron chi connectivity index (χ2n) is 5.21. The van der Waals surface area contributed by atoms with Crippen LogP contribution in [0.3, 0.4) is 0 Å². The van der Waals surface area contributed by atoms with Gasteiger partial charge in [-0.3, -0.25) is 15.1 Å². The predicted octanol–water partition coefficient (Wildman–Crippen LogP) is 3.39. The van der Waals surface area contributed by atoms with Gasteiger partial charge in [-0.05, 0) is 41.4 Å². The van der Waals surface area contributed by atoms with Gasteiger partial charge < -0.3 is 14.8 Å². The van der Waals surface area contributed by atoms with Crippen LogP contribution in [0, 0.1) is 0 Å². The maximum absolute atomic E-state index is 11.9. The zero-order valence-electron chi connectivity index (χ0n) is 14.2. The van der Waals surface area contributed by atoms with Crippen LogP contribution >= 0.6 is 31.9 Å². The van der Waals surface area contributed by atoms with Crippen LogP contribution in [0.1, 0.15) is 13.3 Å². The summed E-state index contributed by atoms with van der Waals surface area (Å²) in [5.41, 5.74) is 0.613. The molecule has 0 unspecified atom stereocenters. The van der Waals surface area contributed by atoms with Crippen LogP contribution in [-0.2, 0) is 9.53 Å². The number of aromatic nitrogens is 1. The molecule has 140 valence electrons. The Balaban J connectivity index is 1.88. The molecule has 0 atom stereocenters. The third-order valence-electron chi connectivity index (χ3n) is 3.31. The normalized spacial score (nSPS) is 10.6. The minimum Gasteiger partial charge on any atom is -0.480 e. The number of fused-ring (bicyclic) bond motifs is 1. The highest BCUT2D eigenvalue weighted by Crippen LogP contribution is 2.37. The predicted molar refractivity (Wildman–Crippen MR) is 105 cm³/mol. The molecule has 0 fully saturated rings. The smallest absolute Gasteiger partial charge is 0.321 e. The summed E-state index contributed by atoms with van der Waals surface area (Å²) in [4.78, 5) is 27.9. The first kappa shape index (κ1) is 20.6. The molecule has 0 aliphatic heterocycles. The number of carbonyl (C=O) groups is 2. The highest BCUT2D eigenvalue weighted by atomic mass is 79.9. The largest absolute Gasteiger partial charge is 0.480 e. The number of benzene rings is 1. The number of amides is 3. The first-order valence-electron chi connectivity index (χ1n) is 8.04. The van der Waals surface area contributed by atoms with Crippen molar-refractivity contribution in [1.82, 2.24) is 15.6 Å². The lowest BCUT2D eigenvalue weighted by atomic mass is 10.2. The van der Waals surface area contributed by atoms with Gasteiger partial charge >= 0.3 is 6.03 Å². The Labute approximate surface area is 168 Å². The van der Waals surface area contributed by atoms with Crippen molar-refractivity contribution in [3.05, 3.63) is 33.3 Å². The summed E-state index contributed by atoms with van der Waals surface area (Å²) in [6.45, 7) is 3.22. The second-order valence-corrected chi connectivity index (χ2v) is 6.92. The van der Waals surface area contributed by atoms with E-state index < -0.39 is 11.9 Å². The van der Waals surface area contributed by atoms with E-state index in [4.69, 9.17) is 9.47 Å². The van der Waals surface area contributed by atoms with E-state index in [1.165, 1.54) is 0 Å². The molecule has 26 heavy (non-hydrogen) atoms. The molecule has 0 saturated carbocycles. The molecule has 3 amide bonds. The number of hydrogen-bond donors (Lipinski definition) is 2. The van der Waals surface area contributed by atoms with E-state index in [1.807, 2.05) is 25.1 Å². The molecular weight excluding hydrogens is 470 g/mol. The lowest BCUT2D eigenvalue weighted by molar-refractivity contribution is -0.121. The summed E-state index contributed by atoms with van der Waals surface area (Å²) in [5.74, 6) is -0.109. The fraction of sp³-hybridized carbons (Fsp3) is 0.353. The van der Waals surface area contributed by atoms with E-state index in [-0.39, 0.29) is 6.61 Å². The highest BCUT2D eigenvalue weighted by molar-refractivity contribution is 9.11. The first-order valence-corrected chi connectivity index (χ1v) is 9.62. The summed E-state index contributed by atoms with van der Waals surface area (Å²) in [7, 11) is 0. The Hall–Kier alpha value is -1.71. The Morgan fingerprint density at radius 1 is 1.27 bits per heavy atom. The van der Waals surface area contributed by atoms with Crippen molar-refractivity contribution in [3.63, 3.8) is 0 Å². The van der Waals surface area contributed by atoms with E-state index in [2.05, 4.69) is 47.5 Å². The fourth-order valence-electron chi connectivity index (χ4n) is 2.15. The summed E-state index contributed by atoms with van der Waals surface area (Å²) < 4.78 is 12.3. The van der Waals surface area contributed by atoms with Crippen molar-refractivity contribution >= 4 is 54.7 Å². The van der Waals surface area contributed by atoms with Gasteiger partial charge in [-0.1, -0.05) is 22.0 Å². The topological polar surface area (TPSA) is 89.6 Å². The lowest BCUT2D eigenvalue weighted by Gasteiger charge is -2.12. The lowest BCUT2D eigenvalue weighted by Crippen LogP contribution is -2.42. The average Bonchev–Trinajstić information content (AvgIpc) is 2.61. The number of urea groups is 1. The fourth-order valence-corrected chi connectivity index (χ4v) is 3.54. The molecule has 7 nitrogen and oxygen atoms in total. The van der Waals surface area contributed by atoms with E-state index in [1.54, 1.807) is 6.20 Å². The molecule has 9 heteroatoms. The maximum Gasteiger partial charge on any atom is 0.321 e. The van der Waals surface area contributed by atoms with E-state index in [0.29, 0.717) is 41.9 Å². The third kappa shape index (κ3) is 5.93. The van der Waals surface area contributed by atoms with Crippen LogP contribution in [-0.4, -0.2) is 43.3 Å². The highest BCUT2D eigenvalue weighted by Gasteiger charge is 2.14. The number of rotatable bonds is 8. The van der Waals surface area contributed by atoms with Crippen LogP contribution in [0.4, 0.5) is 4.79 Å². The maximum atomic E-state index is 11.9. The Morgan fingerprint density at radius 3 is 2.85 bits per heavy atom. The van der Waals surface area contributed by atoms with E-state index in [9.17, 15) is 9.59 Å². The minimum atomic E-state index is -0.562. The van der Waals surface area contributed by atoms with Gasteiger partial charge in [-0.25, -0.2) is 4.79 Å². The molecule has 0 saturated heterocycles. The van der Waals surface area contributed by atoms with Gasteiger partial charge in [0, 0.05) is 35.8 Å². The number of hydrogen-bond acceptors (Lipinski definition) is 5. The summed E-state index contributed by atoms with van der Waals surface area (Å²) in [5, 5.41) is 5.66. The minimum absolute atomic E-state index is 0.307. The van der Waals surface area contributed by atoms with Gasteiger partial charge in [0.2, 0.25) is 0 Å². The van der Waals surface area contributed by atoms with Crippen molar-refractivity contribution < 1.29 is 19.1 Å². The molecule has 0 aliphatic rings. The van der Waals surface area contributed by atoms with Crippen molar-refractivity contribution in [1.29, 1.82) is 0 Å². The molecule has 0 radical (unpaired) electrons. The molecule has 2 aromatic rings. The van der Waals surface area contributed by atoms with Crippen LogP contribution in [0.5, 0.6) is 5.75 Å². The van der Waals surface area contributed by atoms with Gasteiger partial charge in [0.25, 0.3) is 5.91 Å². The molecular formula is C17H19Br2N3O4. The number of imide groups is 1. The van der Waals surface area contributed by atoms with E-state index >= 15 is 0 Å². The third-order valence-corrected chi connectivity index (χ3v) is 4.55. The summed E-state index contributed by atoms with van der Waals surface area (Å²) >= 11 is 6.87. The van der Waals surface area contributed by atoms with Gasteiger partial charge in [0.15, 0.2) is 12.4 Å². The van der Waals surface area contributed by atoms with Crippen molar-refractivity contribution in [2.75, 3.05) is 26.4 Å². The van der Waals surface area contributed by atoms with Crippen molar-refractivity contribution in [2.24, 2.45) is 0 Å². The first-order chi connectivity index (χ1) is 12.5. The molecule has 2 rings (SSSR count). The number of halogens is 2. The number of pyridine rings is 1. The Kier molecular flexibility index (Phi) is 8.27. The zero-order chi connectivity index (χ0) is 18.9. The molecule has 1 aromatic carbocycles. The van der Waals surface area contributed by atoms with Crippen LogP contribution in [0.25, 0.3) is 10.9 Å². The molecule has 1 heterocycles. The van der Waals surface area contributed by atoms with Crippen LogP contribution in [0.15, 0.2) is 33.3 Å². The standard InChI is InChI=1S/C17H19Br2N3O4/c1-2-25-8-4-7-21-17(24)22-14(23)10-26-16-13(19)9-12(18)11-5-3-6-20-15(11)16/h3,5-6,9H,2,4,7-8,10H2,1H3,(H2,21,22,23,24). The number of carbonyl (C=O) groups excluding carboxylic acids is 2. The number of nitrogens with one attached hydrogen (secondary N) is 2. The van der Waals surface area contributed by atoms with Gasteiger partial charge in [0.05, 0.1) is 4.47 Å². The SMILES string of the molecule is CCOCCCNC(=O)NC(=O)COc1c(Br)cc(Br)c2cccnc12. The quantitative estimate of drug-likeness (QED) is 0.556. The van der Waals surface area contributed by atoms with Gasteiger partial charge in [-0.15, -0.1) is 0 Å². The Morgan fingerprint density at radius 2 is 2.08 bits per heavy atom. The zero-order valence-corrected chi connectivity index (χ0v) is 17.4. The van der Waals surface area contributed by atoms with Crippen LogP contribution in [0.2, 0.25) is 0 Å². The summed E-state index contributed by atoms with van der Waals surface area (Å²) in [6.07, 6.45) is 2.32. The molecule has 0 aliphatic carbocycles. The monoisotopic (exact) mass is 487 g/mol. The van der Waals surface area contributed by atoms with Crippen LogP contribution < -0.4 is 15.4 Å². The molecule has 0 bridgehead atoms. The molecule has 0 spiro atoms. The van der Waals surface area contributed by atoms with Crippen molar-refractivity contribution in [3.8, 4) is 5.75 Å². The van der Waals surface area contributed by atoms with Gasteiger partial charge in [-0.2, -0.15) is 0 Å². The Bertz CT molecular complexity index is 786. The molecule has 2 N–H and O–H groups in total. The summed E-state index contributed by atoms with van der Waals surface area (Å²) in [6, 6.07) is 4.96. The van der Waals surface area contributed by atoms with Gasteiger partial charge in [0.1, 0.15) is 5.52 Å². The second kappa shape index (κ2) is 10.4. The van der Waals surface area contributed by atoms with Crippen molar-refractivity contribution in [2.45, 2.75) is 13.3 Å².